The summed E-state index contributed by atoms with van der Waals surface area (Å²) in [6.07, 6.45) is 7.23. The van der Waals surface area contributed by atoms with Crippen LogP contribution >= 0.6 is 0 Å². The summed E-state index contributed by atoms with van der Waals surface area (Å²) in [4.78, 5) is 14.4. The van der Waals surface area contributed by atoms with Crippen LogP contribution in [0.1, 0.15) is 46.5 Å². The Hall–Kier alpha value is -0.830. The van der Waals surface area contributed by atoms with E-state index >= 15 is 0 Å². The molecule has 1 aliphatic heterocycles. The molecule has 1 heterocycles. The van der Waals surface area contributed by atoms with E-state index < -0.39 is 0 Å². The number of esters is 1. The second kappa shape index (κ2) is 5.75. The molecule has 0 aromatic heterocycles. The Bertz CT molecular complexity index is 440. The lowest BCUT2D eigenvalue weighted by molar-refractivity contribution is -0.149. The third-order valence-electron chi connectivity index (χ3n) is 6.11. The number of fused-ring (bicyclic) bond motifs is 1. The van der Waals surface area contributed by atoms with Gasteiger partial charge in [0.15, 0.2) is 0 Å². The van der Waals surface area contributed by atoms with Crippen molar-refractivity contribution in [2.75, 3.05) is 26.2 Å². The van der Waals surface area contributed by atoms with Crippen LogP contribution in [-0.2, 0) is 9.53 Å². The zero-order valence-electron chi connectivity index (χ0n) is 13.7. The number of ether oxygens (including phenoxy) is 1. The van der Waals surface area contributed by atoms with Crippen molar-refractivity contribution in [2.45, 2.75) is 46.5 Å². The minimum Gasteiger partial charge on any atom is -0.466 e. The molecule has 0 aromatic rings. The molecule has 118 valence electrons. The topological polar surface area (TPSA) is 29.5 Å². The number of piperidine rings is 1. The van der Waals surface area contributed by atoms with Crippen molar-refractivity contribution < 1.29 is 9.53 Å². The van der Waals surface area contributed by atoms with Crippen LogP contribution in [0, 0.1) is 23.2 Å². The average molecular weight is 291 g/mol. The van der Waals surface area contributed by atoms with Gasteiger partial charge in [0.25, 0.3) is 0 Å². The van der Waals surface area contributed by atoms with Crippen molar-refractivity contribution in [3.8, 4) is 0 Å². The molecule has 4 aliphatic rings. The number of allylic oxidation sites excluding steroid dienone is 1. The minimum absolute atomic E-state index is 0.00358. The van der Waals surface area contributed by atoms with E-state index in [1.165, 1.54) is 12.8 Å². The molecule has 3 atom stereocenters. The highest BCUT2D eigenvalue weighted by Gasteiger charge is 2.51. The van der Waals surface area contributed by atoms with Crippen LogP contribution in [0.2, 0.25) is 0 Å². The summed E-state index contributed by atoms with van der Waals surface area (Å²) in [7, 11) is 0. The Labute approximate surface area is 128 Å². The minimum atomic E-state index is 0.00358. The fraction of sp³-hybridized carbons (Fsp3) is 0.833. The second-order valence-electron chi connectivity index (χ2n) is 7.65. The summed E-state index contributed by atoms with van der Waals surface area (Å²) in [5.41, 5.74) is 2.13. The molecular formula is C18H29NO2. The maximum atomic E-state index is 11.9. The van der Waals surface area contributed by atoms with E-state index in [2.05, 4.69) is 24.8 Å². The highest BCUT2D eigenvalue weighted by Crippen LogP contribution is 2.59. The molecule has 2 fully saturated rings. The van der Waals surface area contributed by atoms with Gasteiger partial charge in [-0.2, -0.15) is 0 Å². The maximum absolute atomic E-state index is 11.9. The van der Waals surface area contributed by atoms with Gasteiger partial charge in [-0.3, -0.25) is 9.69 Å². The molecule has 2 bridgehead atoms. The summed E-state index contributed by atoms with van der Waals surface area (Å²) in [5, 5.41) is 0. The number of hydrogen-bond acceptors (Lipinski definition) is 3. The number of nitrogens with zero attached hydrogens (tertiary/aromatic N) is 1. The predicted molar refractivity (Wildman–Crippen MR) is 83.9 cm³/mol. The molecule has 0 spiro atoms. The lowest BCUT2D eigenvalue weighted by Crippen LogP contribution is -2.50. The smallest absolute Gasteiger partial charge is 0.310 e. The molecule has 0 radical (unpaired) electrons. The first kappa shape index (κ1) is 15.1. The van der Waals surface area contributed by atoms with Crippen LogP contribution in [0.4, 0.5) is 0 Å². The van der Waals surface area contributed by atoms with E-state index in [1.54, 1.807) is 5.57 Å². The molecule has 4 rings (SSSR count). The van der Waals surface area contributed by atoms with Crippen molar-refractivity contribution in [1.29, 1.82) is 0 Å². The van der Waals surface area contributed by atoms with Crippen molar-refractivity contribution in [3.05, 3.63) is 11.6 Å². The molecule has 3 unspecified atom stereocenters. The Morgan fingerprint density at radius 1 is 1.48 bits per heavy atom. The van der Waals surface area contributed by atoms with Crippen molar-refractivity contribution in [3.63, 3.8) is 0 Å². The van der Waals surface area contributed by atoms with E-state index in [4.69, 9.17) is 4.74 Å². The highest BCUT2D eigenvalue weighted by atomic mass is 16.5. The summed E-state index contributed by atoms with van der Waals surface area (Å²) in [6, 6.07) is 0. The maximum Gasteiger partial charge on any atom is 0.310 e. The molecule has 1 saturated heterocycles. The summed E-state index contributed by atoms with van der Waals surface area (Å²) in [6.45, 7) is 10.3. The van der Waals surface area contributed by atoms with Crippen LogP contribution in [0.15, 0.2) is 11.6 Å². The third-order valence-corrected chi connectivity index (χ3v) is 6.11. The van der Waals surface area contributed by atoms with Gasteiger partial charge in [-0.05, 0) is 56.4 Å². The molecule has 0 aromatic carbocycles. The molecule has 0 amide bonds. The number of hydrogen-bond donors (Lipinski definition) is 0. The van der Waals surface area contributed by atoms with Crippen LogP contribution in [0.5, 0.6) is 0 Å². The zero-order valence-corrected chi connectivity index (χ0v) is 13.7. The SMILES string of the molecule is CCOC(=O)C1CCCN(CC2=CCC3CC2C3(C)C)C1. The van der Waals surface area contributed by atoms with E-state index in [0.29, 0.717) is 12.0 Å². The number of carbonyl (C=O) groups excluding carboxylic acids is 1. The molecule has 21 heavy (non-hydrogen) atoms. The number of carbonyl (C=O) groups is 1. The van der Waals surface area contributed by atoms with Gasteiger partial charge in [-0.15, -0.1) is 0 Å². The second-order valence-corrected chi connectivity index (χ2v) is 7.65. The van der Waals surface area contributed by atoms with Gasteiger partial charge in [0.05, 0.1) is 12.5 Å². The molecule has 1 saturated carbocycles. The summed E-state index contributed by atoms with van der Waals surface area (Å²) < 4.78 is 5.20. The lowest BCUT2D eigenvalue weighted by Gasteiger charge is -2.57. The predicted octanol–water partition coefficient (Wildman–Crippen LogP) is 3.25. The van der Waals surface area contributed by atoms with Gasteiger partial charge in [0, 0.05) is 13.1 Å². The van der Waals surface area contributed by atoms with Crippen LogP contribution < -0.4 is 0 Å². The van der Waals surface area contributed by atoms with Gasteiger partial charge in [0.1, 0.15) is 0 Å². The van der Waals surface area contributed by atoms with Gasteiger partial charge >= 0.3 is 5.97 Å². The molecular weight excluding hydrogens is 262 g/mol. The lowest BCUT2D eigenvalue weighted by atomic mass is 9.49. The average Bonchev–Trinajstić information content (AvgIpc) is 2.47. The van der Waals surface area contributed by atoms with Gasteiger partial charge in [0.2, 0.25) is 0 Å². The first-order valence-electron chi connectivity index (χ1n) is 8.60. The highest BCUT2D eigenvalue weighted by molar-refractivity contribution is 5.72. The Morgan fingerprint density at radius 2 is 2.29 bits per heavy atom. The fourth-order valence-electron chi connectivity index (χ4n) is 4.57. The largest absolute Gasteiger partial charge is 0.466 e. The van der Waals surface area contributed by atoms with Crippen molar-refractivity contribution >= 4 is 5.97 Å². The van der Waals surface area contributed by atoms with Crippen LogP contribution in [0.3, 0.4) is 0 Å². The van der Waals surface area contributed by atoms with E-state index in [9.17, 15) is 4.79 Å². The molecule has 3 heteroatoms. The summed E-state index contributed by atoms with van der Waals surface area (Å²) in [5.74, 6) is 1.77. The number of rotatable bonds is 4. The Morgan fingerprint density at radius 3 is 2.95 bits per heavy atom. The molecule has 3 nitrogen and oxygen atoms in total. The summed E-state index contributed by atoms with van der Waals surface area (Å²) >= 11 is 0. The normalized spacial score (nSPS) is 34.8. The Balaban J connectivity index is 1.58. The molecule has 3 aliphatic carbocycles. The Kier molecular flexibility index (Phi) is 4.13. The zero-order chi connectivity index (χ0) is 15.0. The van der Waals surface area contributed by atoms with E-state index in [1.807, 2.05) is 6.92 Å². The fourth-order valence-corrected chi connectivity index (χ4v) is 4.57. The van der Waals surface area contributed by atoms with Crippen LogP contribution in [0.25, 0.3) is 0 Å². The van der Waals surface area contributed by atoms with E-state index in [-0.39, 0.29) is 11.9 Å². The van der Waals surface area contributed by atoms with Gasteiger partial charge < -0.3 is 4.74 Å². The standard InChI is InChI=1S/C18H29NO2/c1-4-21-17(20)14-6-5-9-19(12-14)11-13-7-8-15-10-16(13)18(15,2)3/h7,14-16H,4-6,8-12H2,1-3H3. The third kappa shape index (κ3) is 2.77. The molecule has 0 N–H and O–H groups in total. The van der Waals surface area contributed by atoms with Crippen molar-refractivity contribution in [2.24, 2.45) is 23.2 Å². The van der Waals surface area contributed by atoms with Crippen molar-refractivity contribution in [1.82, 2.24) is 4.90 Å². The monoisotopic (exact) mass is 291 g/mol. The van der Waals surface area contributed by atoms with Crippen LogP contribution in [-0.4, -0.2) is 37.1 Å². The van der Waals surface area contributed by atoms with E-state index in [0.717, 1.165) is 44.3 Å². The first-order chi connectivity index (χ1) is 10.0. The number of likely N-dealkylation sites (tertiary alicyclic amines) is 1. The first-order valence-corrected chi connectivity index (χ1v) is 8.60. The van der Waals surface area contributed by atoms with Gasteiger partial charge in [-0.25, -0.2) is 0 Å². The quantitative estimate of drug-likeness (QED) is 0.588. The van der Waals surface area contributed by atoms with Gasteiger partial charge in [-0.1, -0.05) is 25.5 Å².